The van der Waals surface area contributed by atoms with Crippen molar-refractivity contribution in [1.82, 2.24) is 0 Å². The highest BCUT2D eigenvalue weighted by Gasteiger charge is 2.09. The third-order valence-corrected chi connectivity index (χ3v) is 2.12. The van der Waals surface area contributed by atoms with E-state index in [-0.39, 0.29) is 5.92 Å². The fourth-order valence-corrected chi connectivity index (χ4v) is 1.39. The van der Waals surface area contributed by atoms with E-state index >= 15 is 0 Å². The van der Waals surface area contributed by atoms with Crippen LogP contribution in [0, 0.1) is 18.3 Å². The molecule has 0 radical (unpaired) electrons. The Balaban J connectivity index is 2.99. The van der Waals surface area contributed by atoms with Gasteiger partial charge < -0.3 is 0 Å². The van der Waals surface area contributed by atoms with Crippen LogP contribution in [0.3, 0.4) is 0 Å². The zero-order chi connectivity index (χ0) is 9.68. The summed E-state index contributed by atoms with van der Waals surface area (Å²) in [6, 6.07) is 10.3. The minimum absolute atomic E-state index is 0.0429. The highest BCUT2D eigenvalue weighted by Crippen LogP contribution is 2.22. The van der Waals surface area contributed by atoms with Gasteiger partial charge in [0, 0.05) is 0 Å². The Hall–Kier alpha value is -1.55. The SMILES string of the molecule is C=CC[C@H](C#N)c1ccccc1C. The first-order chi connectivity index (χ1) is 6.29. The number of hydrogen-bond acceptors (Lipinski definition) is 1. The molecule has 1 aromatic rings. The van der Waals surface area contributed by atoms with Crippen LogP contribution in [-0.2, 0) is 0 Å². The highest BCUT2D eigenvalue weighted by atomic mass is 14.3. The molecule has 0 aromatic heterocycles. The number of rotatable bonds is 3. The molecule has 1 atom stereocenters. The van der Waals surface area contributed by atoms with Crippen molar-refractivity contribution in [2.24, 2.45) is 0 Å². The van der Waals surface area contributed by atoms with Gasteiger partial charge in [-0.2, -0.15) is 5.26 Å². The number of aryl methyl sites for hydroxylation is 1. The standard InChI is InChI=1S/C12H13N/c1-3-6-11(9-13)12-8-5-4-7-10(12)2/h3-5,7-8,11H,1,6H2,2H3/t11-/m1/s1. The second-order valence-electron chi connectivity index (χ2n) is 3.06. The van der Waals surface area contributed by atoms with E-state index in [0.717, 1.165) is 12.0 Å². The second kappa shape index (κ2) is 4.47. The van der Waals surface area contributed by atoms with Crippen LogP contribution in [0.1, 0.15) is 23.5 Å². The van der Waals surface area contributed by atoms with Crippen LogP contribution in [0.4, 0.5) is 0 Å². The molecular weight excluding hydrogens is 158 g/mol. The molecule has 1 rings (SSSR count). The van der Waals surface area contributed by atoms with Gasteiger partial charge in [0.05, 0.1) is 12.0 Å². The van der Waals surface area contributed by atoms with E-state index < -0.39 is 0 Å². The van der Waals surface area contributed by atoms with Gasteiger partial charge >= 0.3 is 0 Å². The number of benzene rings is 1. The van der Waals surface area contributed by atoms with E-state index in [9.17, 15) is 0 Å². The third kappa shape index (κ3) is 2.19. The van der Waals surface area contributed by atoms with E-state index in [0.29, 0.717) is 0 Å². The third-order valence-electron chi connectivity index (χ3n) is 2.12. The van der Waals surface area contributed by atoms with Gasteiger partial charge in [-0.05, 0) is 24.5 Å². The molecule has 0 aliphatic rings. The predicted octanol–water partition coefficient (Wildman–Crippen LogP) is 3.18. The quantitative estimate of drug-likeness (QED) is 0.641. The van der Waals surface area contributed by atoms with Crippen LogP contribution >= 0.6 is 0 Å². The number of hydrogen-bond donors (Lipinski definition) is 0. The van der Waals surface area contributed by atoms with Gasteiger partial charge in [0.25, 0.3) is 0 Å². The molecule has 66 valence electrons. The lowest BCUT2D eigenvalue weighted by molar-refractivity contribution is 0.870. The van der Waals surface area contributed by atoms with Gasteiger partial charge in [0.2, 0.25) is 0 Å². The molecule has 0 heterocycles. The lowest BCUT2D eigenvalue weighted by atomic mass is 9.93. The molecule has 0 saturated heterocycles. The fraction of sp³-hybridized carbons (Fsp3) is 0.250. The molecule has 0 spiro atoms. The van der Waals surface area contributed by atoms with Crippen LogP contribution in [0.25, 0.3) is 0 Å². The predicted molar refractivity (Wildman–Crippen MR) is 54.3 cm³/mol. The van der Waals surface area contributed by atoms with Crippen LogP contribution in [0.15, 0.2) is 36.9 Å². The minimum atomic E-state index is -0.0429. The second-order valence-corrected chi connectivity index (χ2v) is 3.06. The smallest absolute Gasteiger partial charge is 0.0749 e. The van der Waals surface area contributed by atoms with Crippen molar-refractivity contribution in [1.29, 1.82) is 5.26 Å². The normalized spacial score (nSPS) is 11.7. The summed E-state index contributed by atoms with van der Waals surface area (Å²) in [5.74, 6) is -0.0429. The van der Waals surface area contributed by atoms with Gasteiger partial charge in [-0.1, -0.05) is 30.3 Å². The van der Waals surface area contributed by atoms with E-state index in [1.165, 1.54) is 5.56 Å². The van der Waals surface area contributed by atoms with Crippen molar-refractivity contribution in [2.45, 2.75) is 19.3 Å². The molecule has 0 bridgehead atoms. The Bertz CT molecular complexity index is 333. The van der Waals surface area contributed by atoms with Crippen molar-refractivity contribution in [3.05, 3.63) is 48.0 Å². The zero-order valence-corrected chi connectivity index (χ0v) is 7.83. The average Bonchev–Trinajstić information content (AvgIpc) is 2.16. The highest BCUT2D eigenvalue weighted by molar-refractivity contribution is 5.33. The van der Waals surface area contributed by atoms with E-state index in [2.05, 4.69) is 12.6 Å². The maximum atomic E-state index is 8.94. The molecule has 1 nitrogen and oxygen atoms in total. The largest absolute Gasteiger partial charge is 0.198 e. The monoisotopic (exact) mass is 171 g/mol. The summed E-state index contributed by atoms with van der Waals surface area (Å²) in [4.78, 5) is 0. The summed E-state index contributed by atoms with van der Waals surface area (Å²) in [6.07, 6.45) is 2.52. The van der Waals surface area contributed by atoms with E-state index in [4.69, 9.17) is 5.26 Å². The number of allylic oxidation sites excluding steroid dienone is 1. The molecule has 0 fully saturated rings. The summed E-state index contributed by atoms with van der Waals surface area (Å²) in [7, 11) is 0. The van der Waals surface area contributed by atoms with E-state index in [1.54, 1.807) is 6.08 Å². The molecule has 0 aliphatic carbocycles. The average molecular weight is 171 g/mol. The fourth-order valence-electron chi connectivity index (χ4n) is 1.39. The zero-order valence-electron chi connectivity index (χ0n) is 7.83. The molecular formula is C12H13N. The van der Waals surface area contributed by atoms with Gasteiger partial charge in [0.1, 0.15) is 0 Å². The van der Waals surface area contributed by atoms with E-state index in [1.807, 2.05) is 31.2 Å². The van der Waals surface area contributed by atoms with Gasteiger partial charge in [-0.15, -0.1) is 6.58 Å². The first-order valence-electron chi connectivity index (χ1n) is 4.35. The van der Waals surface area contributed by atoms with Gasteiger partial charge in [0.15, 0.2) is 0 Å². The number of nitrogens with zero attached hydrogens (tertiary/aromatic N) is 1. The van der Waals surface area contributed by atoms with Crippen LogP contribution in [0.5, 0.6) is 0 Å². The summed E-state index contributed by atoms with van der Waals surface area (Å²) < 4.78 is 0. The molecule has 1 aromatic carbocycles. The van der Waals surface area contributed by atoms with Gasteiger partial charge in [-0.25, -0.2) is 0 Å². The molecule has 0 amide bonds. The van der Waals surface area contributed by atoms with Crippen molar-refractivity contribution < 1.29 is 0 Å². The summed E-state index contributed by atoms with van der Waals surface area (Å²) in [5, 5.41) is 8.94. The van der Waals surface area contributed by atoms with Crippen molar-refractivity contribution in [3.8, 4) is 6.07 Å². The maximum absolute atomic E-state index is 8.94. The summed E-state index contributed by atoms with van der Waals surface area (Å²) in [5.41, 5.74) is 2.29. The molecule has 13 heavy (non-hydrogen) atoms. The van der Waals surface area contributed by atoms with Crippen LogP contribution < -0.4 is 0 Å². The lowest BCUT2D eigenvalue weighted by Crippen LogP contribution is -1.96. The number of nitriles is 1. The Morgan fingerprint density at radius 2 is 2.23 bits per heavy atom. The van der Waals surface area contributed by atoms with Gasteiger partial charge in [-0.3, -0.25) is 0 Å². The topological polar surface area (TPSA) is 23.8 Å². The summed E-state index contributed by atoms with van der Waals surface area (Å²) in [6.45, 7) is 5.68. The Kier molecular flexibility index (Phi) is 3.28. The van der Waals surface area contributed by atoms with Crippen LogP contribution in [0.2, 0.25) is 0 Å². The van der Waals surface area contributed by atoms with Crippen LogP contribution in [-0.4, -0.2) is 0 Å². The lowest BCUT2D eigenvalue weighted by Gasteiger charge is -2.09. The molecule has 1 heteroatoms. The Morgan fingerprint density at radius 1 is 1.54 bits per heavy atom. The molecule has 0 aliphatic heterocycles. The molecule has 0 unspecified atom stereocenters. The Morgan fingerprint density at radius 3 is 2.77 bits per heavy atom. The first kappa shape index (κ1) is 9.54. The molecule has 0 N–H and O–H groups in total. The Labute approximate surface area is 79.3 Å². The maximum Gasteiger partial charge on any atom is 0.0749 e. The minimum Gasteiger partial charge on any atom is -0.198 e. The van der Waals surface area contributed by atoms with Crippen molar-refractivity contribution in [2.75, 3.05) is 0 Å². The summed E-state index contributed by atoms with van der Waals surface area (Å²) >= 11 is 0. The van der Waals surface area contributed by atoms with Crippen molar-refractivity contribution >= 4 is 0 Å². The van der Waals surface area contributed by atoms with Crippen molar-refractivity contribution in [3.63, 3.8) is 0 Å². The first-order valence-corrected chi connectivity index (χ1v) is 4.35. The molecule has 0 saturated carbocycles.